The van der Waals surface area contributed by atoms with Gasteiger partial charge in [0.15, 0.2) is 0 Å². The molecule has 0 spiro atoms. The van der Waals surface area contributed by atoms with Gasteiger partial charge in [-0.2, -0.15) is 0 Å². The second-order valence-electron chi connectivity index (χ2n) is 5.44. The molecule has 4 heteroatoms. The lowest BCUT2D eigenvalue weighted by molar-refractivity contribution is 0.00872. The lowest BCUT2D eigenvalue weighted by Gasteiger charge is -2.29. The smallest absolute Gasteiger partial charge is 0.115 e. The first-order chi connectivity index (χ1) is 8.85. The third-order valence-corrected chi connectivity index (χ3v) is 4.17. The Morgan fingerprint density at radius 1 is 1.11 bits per heavy atom. The Kier molecular flexibility index (Phi) is 5.20. The summed E-state index contributed by atoms with van der Waals surface area (Å²) in [6.45, 7) is 0.140. The van der Waals surface area contributed by atoms with Gasteiger partial charge in [0.2, 0.25) is 0 Å². The van der Waals surface area contributed by atoms with Crippen LogP contribution in [0.15, 0.2) is 24.3 Å². The summed E-state index contributed by atoms with van der Waals surface area (Å²) in [5.74, 6) is 0. The van der Waals surface area contributed by atoms with Crippen LogP contribution in [-0.4, -0.2) is 18.2 Å². The fourth-order valence-corrected chi connectivity index (χ4v) is 3.18. The van der Waals surface area contributed by atoms with Crippen LogP contribution < -0.4 is 5.32 Å². The van der Waals surface area contributed by atoms with Crippen LogP contribution in [0.4, 0.5) is 4.39 Å². The first kappa shape index (κ1) is 14.8. The zero-order valence-corrected chi connectivity index (χ0v) is 11.8. The van der Waals surface area contributed by atoms with Crippen molar-refractivity contribution in [2.24, 2.45) is 0 Å². The van der Waals surface area contributed by atoms with E-state index in [-0.39, 0.29) is 12.4 Å². The van der Waals surface area contributed by atoms with Crippen molar-refractivity contribution in [2.45, 2.75) is 57.2 Å². The largest absolute Gasteiger partial charge is 0.373 e. The van der Waals surface area contributed by atoms with E-state index in [0.717, 1.165) is 24.0 Å². The Morgan fingerprint density at radius 3 is 2.37 bits per heavy atom. The zero-order valence-electron chi connectivity index (χ0n) is 11.0. The third kappa shape index (κ3) is 3.47. The standard InChI is InChI=1S/C15H20FNO.ClH/c16-9-11-3-1-2-4-12(11)10-18-15-7-13-5-6-14(8-15)17-13;/h1-4,13-15,17H,5-10H2;1H/t13-,14+,15?;. The van der Waals surface area contributed by atoms with Crippen molar-refractivity contribution in [2.75, 3.05) is 0 Å². The molecule has 0 aromatic heterocycles. The molecule has 3 rings (SSSR count). The molecule has 0 saturated carbocycles. The minimum atomic E-state index is -0.406. The van der Waals surface area contributed by atoms with Gasteiger partial charge in [-0.3, -0.25) is 0 Å². The van der Waals surface area contributed by atoms with E-state index < -0.39 is 6.67 Å². The maximum Gasteiger partial charge on any atom is 0.115 e. The Labute approximate surface area is 120 Å². The van der Waals surface area contributed by atoms with E-state index in [2.05, 4.69) is 5.32 Å². The number of nitrogens with one attached hydrogen (secondary N) is 1. The molecule has 3 atom stereocenters. The summed E-state index contributed by atoms with van der Waals surface area (Å²) in [6.07, 6.45) is 5.12. The summed E-state index contributed by atoms with van der Waals surface area (Å²) >= 11 is 0. The molecule has 2 saturated heterocycles. The van der Waals surface area contributed by atoms with Gasteiger partial charge in [-0.25, -0.2) is 4.39 Å². The van der Waals surface area contributed by atoms with Crippen LogP contribution in [0.2, 0.25) is 0 Å². The van der Waals surface area contributed by atoms with E-state index in [4.69, 9.17) is 4.74 Å². The number of piperidine rings is 1. The average Bonchev–Trinajstić information content (AvgIpc) is 2.76. The van der Waals surface area contributed by atoms with Crippen molar-refractivity contribution in [1.29, 1.82) is 0 Å². The molecule has 2 heterocycles. The predicted molar refractivity (Wildman–Crippen MR) is 76.3 cm³/mol. The van der Waals surface area contributed by atoms with Crippen LogP contribution in [-0.2, 0) is 18.0 Å². The highest BCUT2D eigenvalue weighted by atomic mass is 35.5. The number of fused-ring (bicyclic) bond motifs is 2. The van der Waals surface area contributed by atoms with Crippen LogP contribution in [0.5, 0.6) is 0 Å². The normalized spacial score (nSPS) is 29.0. The van der Waals surface area contributed by atoms with E-state index in [1.54, 1.807) is 0 Å². The quantitative estimate of drug-likeness (QED) is 0.916. The maximum atomic E-state index is 12.8. The minimum Gasteiger partial charge on any atom is -0.373 e. The average molecular weight is 286 g/mol. The summed E-state index contributed by atoms with van der Waals surface area (Å²) in [5.41, 5.74) is 1.75. The summed E-state index contributed by atoms with van der Waals surface area (Å²) in [7, 11) is 0. The van der Waals surface area contributed by atoms with Crippen molar-refractivity contribution in [3.8, 4) is 0 Å². The maximum absolute atomic E-state index is 12.8. The van der Waals surface area contributed by atoms with Crippen LogP contribution in [0.25, 0.3) is 0 Å². The fourth-order valence-electron chi connectivity index (χ4n) is 3.18. The highest BCUT2D eigenvalue weighted by Gasteiger charge is 2.33. The first-order valence-electron chi connectivity index (χ1n) is 6.85. The first-order valence-corrected chi connectivity index (χ1v) is 6.85. The number of halogens is 2. The monoisotopic (exact) mass is 285 g/mol. The zero-order chi connectivity index (χ0) is 12.4. The third-order valence-electron chi connectivity index (χ3n) is 4.17. The van der Waals surface area contributed by atoms with Crippen LogP contribution >= 0.6 is 12.4 Å². The number of rotatable bonds is 4. The topological polar surface area (TPSA) is 21.3 Å². The number of hydrogen-bond acceptors (Lipinski definition) is 2. The minimum absolute atomic E-state index is 0. The van der Waals surface area contributed by atoms with Gasteiger partial charge in [-0.15, -0.1) is 12.4 Å². The second-order valence-corrected chi connectivity index (χ2v) is 5.44. The number of ether oxygens (including phenoxy) is 1. The van der Waals surface area contributed by atoms with Crippen LogP contribution in [0, 0.1) is 0 Å². The van der Waals surface area contributed by atoms with Crippen LogP contribution in [0.3, 0.4) is 0 Å². The highest BCUT2D eigenvalue weighted by molar-refractivity contribution is 5.85. The SMILES string of the molecule is Cl.FCc1ccccc1COC1C[C@H]2CC[C@@H](C1)N2. The molecule has 106 valence electrons. The summed E-state index contributed by atoms with van der Waals surface area (Å²) < 4.78 is 18.8. The van der Waals surface area contributed by atoms with Gasteiger partial charge in [-0.1, -0.05) is 24.3 Å². The second kappa shape index (κ2) is 6.69. The molecule has 1 aromatic rings. The lowest BCUT2D eigenvalue weighted by Crippen LogP contribution is -2.41. The fraction of sp³-hybridized carbons (Fsp3) is 0.600. The van der Waals surface area contributed by atoms with E-state index in [9.17, 15) is 4.39 Å². The van der Waals surface area contributed by atoms with Gasteiger partial charge in [-0.05, 0) is 36.8 Å². The van der Waals surface area contributed by atoms with Gasteiger partial charge < -0.3 is 10.1 Å². The van der Waals surface area contributed by atoms with Gasteiger partial charge in [0.25, 0.3) is 0 Å². The molecular weight excluding hydrogens is 265 g/mol. The Balaban J connectivity index is 0.00000133. The molecule has 0 radical (unpaired) electrons. The molecule has 2 bridgehead atoms. The predicted octanol–water partition coefficient (Wildman–Crippen LogP) is 3.38. The van der Waals surface area contributed by atoms with E-state index in [1.165, 1.54) is 12.8 Å². The van der Waals surface area contributed by atoms with Gasteiger partial charge in [0, 0.05) is 12.1 Å². The number of benzene rings is 1. The molecule has 2 nitrogen and oxygen atoms in total. The Hall–Kier alpha value is -0.640. The van der Waals surface area contributed by atoms with Crippen molar-refractivity contribution in [3.05, 3.63) is 35.4 Å². The summed E-state index contributed by atoms with van der Waals surface area (Å²) in [4.78, 5) is 0. The van der Waals surface area contributed by atoms with Crippen molar-refractivity contribution >= 4 is 12.4 Å². The Bertz CT molecular complexity index is 403. The summed E-state index contributed by atoms with van der Waals surface area (Å²) in [6, 6.07) is 8.91. The van der Waals surface area contributed by atoms with Gasteiger partial charge in [0.05, 0.1) is 12.7 Å². The van der Waals surface area contributed by atoms with Gasteiger partial charge >= 0.3 is 0 Å². The molecule has 0 amide bonds. The Morgan fingerprint density at radius 2 is 1.74 bits per heavy atom. The van der Waals surface area contributed by atoms with Crippen LogP contribution in [0.1, 0.15) is 36.8 Å². The van der Waals surface area contributed by atoms with Crippen molar-refractivity contribution < 1.29 is 9.13 Å². The van der Waals surface area contributed by atoms with Gasteiger partial charge in [0.1, 0.15) is 6.67 Å². The highest BCUT2D eigenvalue weighted by Crippen LogP contribution is 2.29. The molecule has 0 aliphatic carbocycles. The molecule has 2 aliphatic heterocycles. The van der Waals surface area contributed by atoms with E-state index in [1.807, 2.05) is 24.3 Å². The van der Waals surface area contributed by atoms with E-state index >= 15 is 0 Å². The molecule has 1 N–H and O–H groups in total. The molecule has 1 unspecified atom stereocenters. The molecule has 2 fully saturated rings. The molecule has 1 aromatic carbocycles. The number of alkyl halides is 1. The molecule has 19 heavy (non-hydrogen) atoms. The van der Waals surface area contributed by atoms with E-state index in [0.29, 0.717) is 24.8 Å². The van der Waals surface area contributed by atoms with Crippen molar-refractivity contribution in [1.82, 2.24) is 5.32 Å². The summed E-state index contributed by atoms with van der Waals surface area (Å²) in [5, 5.41) is 3.60. The van der Waals surface area contributed by atoms with Crippen molar-refractivity contribution in [3.63, 3.8) is 0 Å². The lowest BCUT2D eigenvalue weighted by atomic mass is 10.0. The number of hydrogen-bond donors (Lipinski definition) is 1. The molecule has 2 aliphatic rings. The molecular formula is C15H21ClFNO.